The van der Waals surface area contributed by atoms with Gasteiger partial charge in [-0.05, 0) is 37.7 Å². The molecule has 24 heavy (non-hydrogen) atoms. The molecule has 0 radical (unpaired) electrons. The van der Waals surface area contributed by atoms with Gasteiger partial charge in [-0.3, -0.25) is 0 Å². The van der Waals surface area contributed by atoms with Gasteiger partial charge < -0.3 is 10.6 Å². The summed E-state index contributed by atoms with van der Waals surface area (Å²) in [6.45, 7) is 4.23. The summed E-state index contributed by atoms with van der Waals surface area (Å²) in [5.41, 5.74) is 0. The van der Waals surface area contributed by atoms with Gasteiger partial charge in [0.15, 0.2) is 5.96 Å². The highest BCUT2D eigenvalue weighted by atomic mass is 32.2. The van der Waals surface area contributed by atoms with Crippen molar-refractivity contribution in [1.29, 1.82) is 0 Å². The molecule has 2 heterocycles. The summed E-state index contributed by atoms with van der Waals surface area (Å²) in [7, 11) is -0.271. The molecule has 1 saturated heterocycles. The fraction of sp³-hybridized carbons (Fsp3) is 0.667. The van der Waals surface area contributed by atoms with Crippen LogP contribution >= 0.6 is 23.1 Å². The van der Waals surface area contributed by atoms with Crippen molar-refractivity contribution in [3.8, 4) is 0 Å². The van der Waals surface area contributed by atoms with Gasteiger partial charge in [-0.2, -0.15) is 11.8 Å². The van der Waals surface area contributed by atoms with Crippen LogP contribution in [0.2, 0.25) is 0 Å². The predicted molar refractivity (Wildman–Crippen MR) is 103 cm³/mol. The zero-order chi connectivity index (χ0) is 17.6. The van der Waals surface area contributed by atoms with Crippen LogP contribution in [0.4, 0.5) is 0 Å². The van der Waals surface area contributed by atoms with Crippen molar-refractivity contribution in [2.45, 2.75) is 35.8 Å². The molecule has 0 aromatic carbocycles. The third kappa shape index (κ3) is 5.37. The van der Waals surface area contributed by atoms with Crippen molar-refractivity contribution >= 4 is 39.1 Å². The number of sulfonamides is 1. The van der Waals surface area contributed by atoms with Gasteiger partial charge in [0, 0.05) is 37.3 Å². The summed E-state index contributed by atoms with van der Waals surface area (Å²) in [4.78, 5) is 5.51. The van der Waals surface area contributed by atoms with Crippen LogP contribution in [0.1, 0.15) is 24.6 Å². The monoisotopic (exact) mass is 390 g/mol. The Kier molecular flexibility index (Phi) is 7.39. The molecule has 1 atom stereocenters. The molecule has 2 rings (SSSR count). The Morgan fingerprint density at radius 2 is 2.17 bits per heavy atom. The molecule has 0 amide bonds. The average molecular weight is 391 g/mol. The second-order valence-electron chi connectivity index (χ2n) is 5.72. The maximum atomic E-state index is 12.1. The van der Waals surface area contributed by atoms with Gasteiger partial charge in [0.25, 0.3) is 10.0 Å². The minimum absolute atomic E-state index is 0.359. The van der Waals surface area contributed by atoms with Crippen molar-refractivity contribution in [1.82, 2.24) is 14.9 Å². The summed E-state index contributed by atoms with van der Waals surface area (Å²) in [5, 5.41) is 7.28. The second kappa shape index (κ2) is 9.07. The van der Waals surface area contributed by atoms with Gasteiger partial charge >= 0.3 is 0 Å². The first-order chi connectivity index (χ1) is 11.4. The summed E-state index contributed by atoms with van der Waals surface area (Å²) < 4.78 is 25.8. The summed E-state index contributed by atoms with van der Waals surface area (Å²) >= 11 is 3.29. The Bertz CT molecular complexity index is 649. The van der Waals surface area contributed by atoms with Gasteiger partial charge in [0.05, 0.1) is 6.54 Å². The third-order valence-corrected chi connectivity index (χ3v) is 8.38. The van der Waals surface area contributed by atoms with Crippen LogP contribution < -0.4 is 10.6 Å². The van der Waals surface area contributed by atoms with E-state index in [4.69, 9.17) is 0 Å². The Balaban J connectivity index is 1.96. The highest BCUT2D eigenvalue weighted by molar-refractivity contribution is 8.00. The van der Waals surface area contributed by atoms with E-state index in [2.05, 4.69) is 15.6 Å². The molecule has 6 nitrogen and oxygen atoms in total. The van der Waals surface area contributed by atoms with Crippen LogP contribution in [0.25, 0.3) is 0 Å². The fourth-order valence-electron chi connectivity index (χ4n) is 2.28. The van der Waals surface area contributed by atoms with Crippen LogP contribution in [-0.4, -0.2) is 56.9 Å². The number of rotatable bonds is 7. The number of hydrogen-bond donors (Lipinski definition) is 2. The lowest BCUT2D eigenvalue weighted by Gasteiger charge is -2.14. The van der Waals surface area contributed by atoms with Crippen molar-refractivity contribution in [2.24, 2.45) is 4.99 Å². The zero-order valence-corrected chi connectivity index (χ0v) is 16.9. The van der Waals surface area contributed by atoms with Crippen LogP contribution in [0.5, 0.6) is 0 Å². The fourth-order valence-corrected chi connectivity index (χ4v) is 5.93. The number of hydrogen-bond acceptors (Lipinski definition) is 5. The lowest BCUT2D eigenvalue weighted by Crippen LogP contribution is -2.40. The smallest absolute Gasteiger partial charge is 0.252 e. The van der Waals surface area contributed by atoms with E-state index in [1.54, 1.807) is 20.2 Å². The quantitative estimate of drug-likeness (QED) is 0.550. The molecule has 1 unspecified atom stereocenters. The molecule has 0 bridgehead atoms. The zero-order valence-electron chi connectivity index (χ0n) is 14.4. The molecule has 1 aromatic rings. The molecule has 1 aliphatic heterocycles. The van der Waals surface area contributed by atoms with E-state index in [9.17, 15) is 8.42 Å². The highest BCUT2D eigenvalue weighted by Crippen LogP contribution is 2.25. The first-order valence-electron chi connectivity index (χ1n) is 8.08. The van der Waals surface area contributed by atoms with Crippen molar-refractivity contribution < 1.29 is 8.42 Å². The van der Waals surface area contributed by atoms with Gasteiger partial charge in [0.2, 0.25) is 0 Å². The van der Waals surface area contributed by atoms with Gasteiger partial charge in [-0.15, -0.1) is 11.3 Å². The number of guanidine groups is 1. The number of nitrogens with one attached hydrogen (secondary N) is 2. The molecule has 9 heteroatoms. The molecule has 1 aliphatic rings. The molecule has 0 saturated carbocycles. The minimum Gasteiger partial charge on any atom is -0.357 e. The number of nitrogens with zero attached hydrogens (tertiary/aromatic N) is 2. The second-order valence-corrected chi connectivity index (χ2v) is 10.7. The molecule has 2 N–H and O–H groups in total. The van der Waals surface area contributed by atoms with Gasteiger partial charge in [-0.1, -0.05) is 0 Å². The van der Waals surface area contributed by atoms with Crippen LogP contribution in [0, 0.1) is 0 Å². The third-order valence-electron chi connectivity index (χ3n) is 3.63. The molecule has 1 aromatic heterocycles. The SMILES string of the molecule is CCNC(=NCc1ccc(S(=O)(=O)N(C)C)s1)NCC1CCCS1. The maximum Gasteiger partial charge on any atom is 0.252 e. The standard InChI is InChI=1S/C15H26N4O2S3/c1-4-16-15(17-10-12-6-5-9-22-12)18-11-13-7-8-14(23-13)24(20,21)19(2)3/h7-8,12H,4-6,9-11H2,1-3H3,(H2,16,17,18). The maximum absolute atomic E-state index is 12.1. The van der Waals surface area contributed by atoms with E-state index in [0.29, 0.717) is 16.0 Å². The Hall–Kier alpha value is -0.770. The predicted octanol–water partition coefficient (Wildman–Crippen LogP) is 1.95. The number of aliphatic imine (C=N–C) groups is 1. The van der Waals surface area contributed by atoms with Crippen molar-refractivity contribution in [3.63, 3.8) is 0 Å². The lowest BCUT2D eigenvalue weighted by molar-refractivity contribution is 0.523. The van der Waals surface area contributed by atoms with Crippen molar-refractivity contribution in [3.05, 3.63) is 17.0 Å². The molecule has 0 spiro atoms. The molecule has 1 fully saturated rings. The van der Waals surface area contributed by atoms with E-state index in [-0.39, 0.29) is 0 Å². The lowest BCUT2D eigenvalue weighted by atomic mass is 10.2. The van der Waals surface area contributed by atoms with Crippen LogP contribution in [0.3, 0.4) is 0 Å². The first kappa shape index (κ1) is 19.6. The van der Waals surface area contributed by atoms with E-state index in [1.165, 1.54) is 34.2 Å². The summed E-state index contributed by atoms with van der Waals surface area (Å²) in [6, 6.07) is 3.49. The first-order valence-corrected chi connectivity index (χ1v) is 11.4. The topological polar surface area (TPSA) is 73.8 Å². The average Bonchev–Trinajstić information content (AvgIpc) is 3.21. The van der Waals surface area contributed by atoms with E-state index in [0.717, 1.165) is 23.9 Å². The number of thioether (sulfide) groups is 1. The molecule has 136 valence electrons. The highest BCUT2D eigenvalue weighted by Gasteiger charge is 2.19. The molecule has 0 aliphatic carbocycles. The van der Waals surface area contributed by atoms with Gasteiger partial charge in [-0.25, -0.2) is 17.7 Å². The Labute approximate surface area is 153 Å². The van der Waals surface area contributed by atoms with E-state index >= 15 is 0 Å². The van der Waals surface area contributed by atoms with E-state index < -0.39 is 10.0 Å². The van der Waals surface area contributed by atoms with Crippen molar-refractivity contribution in [2.75, 3.05) is 32.9 Å². The summed E-state index contributed by atoms with van der Waals surface area (Å²) in [5.74, 6) is 2.04. The van der Waals surface area contributed by atoms with Gasteiger partial charge in [0.1, 0.15) is 4.21 Å². The van der Waals surface area contributed by atoms with Crippen LogP contribution in [-0.2, 0) is 16.6 Å². The largest absolute Gasteiger partial charge is 0.357 e. The Morgan fingerprint density at radius 1 is 1.38 bits per heavy atom. The molecular formula is C15H26N4O2S3. The number of thiophene rings is 1. The van der Waals surface area contributed by atoms with E-state index in [1.807, 2.05) is 24.8 Å². The normalized spacial score (nSPS) is 19.0. The molecular weight excluding hydrogens is 364 g/mol. The summed E-state index contributed by atoms with van der Waals surface area (Å²) in [6.07, 6.45) is 2.55. The minimum atomic E-state index is -3.36. The Morgan fingerprint density at radius 3 is 2.79 bits per heavy atom. The van der Waals surface area contributed by atoms with Crippen LogP contribution in [0.15, 0.2) is 21.3 Å².